The number of carbonyl (C=O) groups is 3. The maximum Gasteiger partial charge on any atom is 0.338 e. The van der Waals surface area contributed by atoms with E-state index in [2.05, 4.69) is 10.6 Å². The lowest BCUT2D eigenvalue weighted by Gasteiger charge is -2.11. The van der Waals surface area contributed by atoms with Crippen LogP contribution in [0.4, 0.5) is 5.69 Å². The van der Waals surface area contributed by atoms with Crippen molar-refractivity contribution in [2.75, 3.05) is 18.5 Å². The highest BCUT2D eigenvalue weighted by molar-refractivity contribution is 5.98. The van der Waals surface area contributed by atoms with Crippen LogP contribution in [0.5, 0.6) is 0 Å². The smallest absolute Gasteiger partial charge is 0.338 e. The minimum Gasteiger partial charge on any atom is -0.452 e. The molecule has 2 aromatic carbocycles. The molecule has 30 heavy (non-hydrogen) atoms. The Morgan fingerprint density at radius 2 is 1.73 bits per heavy atom. The summed E-state index contributed by atoms with van der Waals surface area (Å²) in [6.07, 6.45) is 3.78. The topological polar surface area (TPSA) is 89.4 Å². The van der Waals surface area contributed by atoms with Crippen molar-refractivity contribution < 1.29 is 19.1 Å². The molecule has 3 aromatic rings. The van der Waals surface area contributed by atoms with Gasteiger partial charge in [-0.1, -0.05) is 12.1 Å². The lowest BCUT2D eigenvalue weighted by Crippen LogP contribution is -2.23. The van der Waals surface area contributed by atoms with Crippen LogP contribution in [0.15, 0.2) is 67.0 Å². The summed E-state index contributed by atoms with van der Waals surface area (Å²) >= 11 is 0. The molecular weight excluding hydrogens is 382 g/mol. The summed E-state index contributed by atoms with van der Waals surface area (Å²) in [5.41, 5.74) is 3.11. The summed E-state index contributed by atoms with van der Waals surface area (Å²) < 4.78 is 7.05. The molecule has 3 rings (SSSR count). The molecule has 0 radical (unpaired) electrons. The van der Waals surface area contributed by atoms with Crippen LogP contribution in [0.2, 0.25) is 0 Å². The Balaban J connectivity index is 1.60. The Hall–Kier alpha value is -3.87. The van der Waals surface area contributed by atoms with Crippen LogP contribution in [0.3, 0.4) is 0 Å². The number of ether oxygens (including phenoxy) is 1. The Morgan fingerprint density at radius 1 is 0.967 bits per heavy atom. The molecule has 0 atom stereocenters. The number of aromatic nitrogens is 1. The van der Waals surface area contributed by atoms with Crippen LogP contribution in [0, 0.1) is 6.92 Å². The molecule has 0 saturated carbocycles. The highest BCUT2D eigenvalue weighted by atomic mass is 16.5. The summed E-state index contributed by atoms with van der Waals surface area (Å²) in [6, 6.07) is 15.6. The first-order chi connectivity index (χ1) is 14.5. The van der Waals surface area contributed by atoms with Crippen molar-refractivity contribution in [1.82, 2.24) is 9.88 Å². The van der Waals surface area contributed by atoms with Crippen LogP contribution < -0.4 is 10.6 Å². The van der Waals surface area contributed by atoms with Gasteiger partial charge in [0.15, 0.2) is 6.61 Å². The van der Waals surface area contributed by atoms with E-state index in [0.717, 1.165) is 11.3 Å². The number of aryl methyl sites for hydroxylation is 1. The summed E-state index contributed by atoms with van der Waals surface area (Å²) in [6.45, 7) is 3.85. The zero-order valence-corrected chi connectivity index (χ0v) is 16.8. The fourth-order valence-electron chi connectivity index (χ4n) is 2.92. The van der Waals surface area contributed by atoms with Crippen molar-refractivity contribution >= 4 is 23.5 Å². The molecule has 1 heterocycles. The summed E-state index contributed by atoms with van der Waals surface area (Å²) in [4.78, 5) is 36.5. The Kier molecular flexibility index (Phi) is 6.64. The Bertz CT molecular complexity index is 1060. The van der Waals surface area contributed by atoms with Gasteiger partial charge in [-0.3, -0.25) is 9.59 Å². The minimum absolute atomic E-state index is 0.224. The number of carbonyl (C=O) groups excluding carboxylic acids is 3. The second-order valence-corrected chi connectivity index (χ2v) is 6.66. The predicted octanol–water partition coefficient (Wildman–Crippen LogP) is 3.33. The van der Waals surface area contributed by atoms with Crippen LogP contribution in [-0.4, -0.2) is 35.5 Å². The van der Waals surface area contributed by atoms with E-state index in [1.54, 1.807) is 36.4 Å². The molecule has 0 unspecified atom stereocenters. The van der Waals surface area contributed by atoms with Gasteiger partial charge in [-0.05, 0) is 61.9 Å². The van der Waals surface area contributed by atoms with Crippen molar-refractivity contribution in [3.05, 3.63) is 83.7 Å². The third kappa shape index (κ3) is 5.14. The van der Waals surface area contributed by atoms with Crippen molar-refractivity contribution in [3.63, 3.8) is 0 Å². The van der Waals surface area contributed by atoms with Gasteiger partial charge in [0, 0.05) is 35.9 Å². The summed E-state index contributed by atoms with van der Waals surface area (Å²) in [7, 11) is 0. The maximum absolute atomic E-state index is 12.4. The lowest BCUT2D eigenvalue weighted by atomic mass is 10.1. The quantitative estimate of drug-likeness (QED) is 0.590. The van der Waals surface area contributed by atoms with Crippen LogP contribution in [0.25, 0.3) is 5.69 Å². The third-order valence-electron chi connectivity index (χ3n) is 4.41. The highest BCUT2D eigenvalue weighted by Crippen LogP contribution is 2.17. The van der Waals surface area contributed by atoms with Gasteiger partial charge in [0.2, 0.25) is 0 Å². The molecule has 154 valence electrons. The number of hydrogen-bond donors (Lipinski definition) is 2. The first-order valence-electron chi connectivity index (χ1n) is 9.57. The van der Waals surface area contributed by atoms with Crippen molar-refractivity contribution in [2.45, 2.75) is 13.8 Å². The zero-order valence-electron chi connectivity index (χ0n) is 16.8. The predicted molar refractivity (Wildman–Crippen MR) is 114 cm³/mol. The standard InChI is InChI=1S/C23H23N3O4/c1-3-24-22(28)17-7-6-8-19(13-17)25-21(27)15-30-23(29)18-10-9-16(2)20(14-18)26-11-4-5-12-26/h4-14H,3,15H2,1-2H3,(H,24,28)(H,25,27). The average Bonchev–Trinajstić information content (AvgIpc) is 3.27. The molecule has 0 bridgehead atoms. The second-order valence-electron chi connectivity index (χ2n) is 6.66. The number of nitrogens with zero attached hydrogens (tertiary/aromatic N) is 1. The number of anilines is 1. The van der Waals surface area contributed by atoms with Crippen molar-refractivity contribution in [1.29, 1.82) is 0 Å². The molecule has 0 saturated heterocycles. The second kappa shape index (κ2) is 9.56. The maximum atomic E-state index is 12.4. The van der Waals surface area contributed by atoms with Gasteiger partial charge in [-0.15, -0.1) is 0 Å². The highest BCUT2D eigenvalue weighted by Gasteiger charge is 2.13. The summed E-state index contributed by atoms with van der Waals surface area (Å²) in [5.74, 6) is -1.30. The number of benzene rings is 2. The van der Waals surface area contributed by atoms with Gasteiger partial charge in [0.05, 0.1) is 5.56 Å². The van der Waals surface area contributed by atoms with E-state index in [4.69, 9.17) is 4.74 Å². The molecule has 7 heteroatoms. The first kappa shape index (κ1) is 20.9. The number of nitrogens with one attached hydrogen (secondary N) is 2. The van der Waals surface area contributed by atoms with E-state index in [0.29, 0.717) is 23.4 Å². The third-order valence-corrected chi connectivity index (χ3v) is 4.41. The van der Waals surface area contributed by atoms with E-state index in [1.165, 1.54) is 0 Å². The first-order valence-corrected chi connectivity index (χ1v) is 9.57. The lowest BCUT2D eigenvalue weighted by molar-refractivity contribution is -0.119. The van der Waals surface area contributed by atoms with Crippen LogP contribution >= 0.6 is 0 Å². The van der Waals surface area contributed by atoms with Crippen molar-refractivity contribution in [2.24, 2.45) is 0 Å². The average molecular weight is 405 g/mol. The van der Waals surface area contributed by atoms with Crippen LogP contribution in [0.1, 0.15) is 33.2 Å². The zero-order chi connectivity index (χ0) is 21.5. The van der Waals surface area contributed by atoms with Gasteiger partial charge in [-0.2, -0.15) is 0 Å². The fraction of sp³-hybridized carbons (Fsp3) is 0.174. The van der Waals surface area contributed by atoms with Gasteiger partial charge < -0.3 is 19.9 Å². The van der Waals surface area contributed by atoms with E-state index in [1.807, 2.05) is 49.0 Å². The van der Waals surface area contributed by atoms with E-state index in [9.17, 15) is 14.4 Å². The van der Waals surface area contributed by atoms with Gasteiger partial charge in [-0.25, -0.2) is 4.79 Å². The molecular formula is C23H23N3O4. The Morgan fingerprint density at radius 3 is 2.47 bits per heavy atom. The molecule has 2 N–H and O–H groups in total. The molecule has 0 aliphatic rings. The minimum atomic E-state index is -0.588. The number of amides is 2. The molecule has 0 aliphatic carbocycles. The molecule has 0 fully saturated rings. The van der Waals surface area contributed by atoms with E-state index in [-0.39, 0.29) is 5.91 Å². The fourth-order valence-corrected chi connectivity index (χ4v) is 2.92. The molecule has 2 amide bonds. The monoisotopic (exact) mass is 405 g/mol. The van der Waals surface area contributed by atoms with Crippen molar-refractivity contribution in [3.8, 4) is 5.69 Å². The van der Waals surface area contributed by atoms with E-state index < -0.39 is 18.5 Å². The number of hydrogen-bond acceptors (Lipinski definition) is 4. The van der Waals surface area contributed by atoms with Gasteiger partial charge in [0.1, 0.15) is 0 Å². The van der Waals surface area contributed by atoms with Crippen LogP contribution in [-0.2, 0) is 9.53 Å². The van der Waals surface area contributed by atoms with Gasteiger partial charge >= 0.3 is 5.97 Å². The number of esters is 1. The Labute approximate surface area is 174 Å². The normalized spacial score (nSPS) is 10.3. The molecule has 7 nitrogen and oxygen atoms in total. The molecule has 0 aliphatic heterocycles. The largest absolute Gasteiger partial charge is 0.452 e. The van der Waals surface area contributed by atoms with Gasteiger partial charge in [0.25, 0.3) is 11.8 Å². The molecule has 0 spiro atoms. The van der Waals surface area contributed by atoms with E-state index >= 15 is 0 Å². The number of rotatable bonds is 7. The molecule has 1 aromatic heterocycles. The summed E-state index contributed by atoms with van der Waals surface area (Å²) in [5, 5.41) is 5.33. The SMILES string of the molecule is CCNC(=O)c1cccc(NC(=O)COC(=O)c2ccc(C)c(-n3cccc3)c2)c1.